The molecule has 0 bridgehead atoms. The molecule has 1 N–H and O–H groups in total. The molecule has 2 aromatic carbocycles. The van der Waals surface area contributed by atoms with E-state index < -0.39 is 38.1 Å². The van der Waals surface area contributed by atoms with Gasteiger partial charge in [-0.1, -0.05) is 24.3 Å². The van der Waals surface area contributed by atoms with Gasteiger partial charge in [-0.2, -0.15) is 0 Å². The minimum Gasteiger partial charge on any atom is -0.449 e. The van der Waals surface area contributed by atoms with Gasteiger partial charge in [-0.3, -0.25) is 4.79 Å². The molecule has 1 atom stereocenters. The Morgan fingerprint density at radius 3 is 2.58 bits per heavy atom. The maximum atomic E-state index is 13.8. The van der Waals surface area contributed by atoms with Gasteiger partial charge < -0.3 is 9.64 Å². The van der Waals surface area contributed by atoms with E-state index in [0.29, 0.717) is 24.9 Å². The van der Waals surface area contributed by atoms with Crippen molar-refractivity contribution in [3.8, 4) is 0 Å². The Morgan fingerprint density at radius 2 is 1.84 bits per heavy atom. The van der Waals surface area contributed by atoms with Gasteiger partial charge in [-0.25, -0.2) is 26.7 Å². The summed E-state index contributed by atoms with van der Waals surface area (Å²) in [5.74, 6) is -3.20. The first-order valence-electron chi connectivity index (χ1n) is 9.78. The molecule has 2 aromatic rings. The number of rotatable bonds is 5. The minimum atomic E-state index is -4.46. The second-order valence-electron chi connectivity index (χ2n) is 7.55. The normalized spacial score (nSPS) is 20.6. The van der Waals surface area contributed by atoms with Gasteiger partial charge in [0, 0.05) is 25.1 Å². The number of benzene rings is 2. The zero-order valence-electron chi connectivity index (χ0n) is 16.4. The summed E-state index contributed by atoms with van der Waals surface area (Å²) in [5.41, 5.74) is 0.321. The molecule has 2 aliphatic heterocycles. The molecule has 31 heavy (non-hydrogen) atoms. The number of amides is 1. The topological polar surface area (TPSA) is 92.8 Å². The van der Waals surface area contributed by atoms with Crippen LogP contribution in [-0.4, -0.2) is 44.8 Å². The maximum Gasteiger partial charge on any atom is 0.339 e. The van der Waals surface area contributed by atoms with Gasteiger partial charge in [-0.05, 0) is 31.0 Å². The average molecular weight is 450 g/mol. The Bertz CT molecular complexity index is 1130. The molecule has 1 spiro atoms. The van der Waals surface area contributed by atoms with E-state index in [1.807, 2.05) is 6.07 Å². The number of hydrogen-bond acceptors (Lipinski definition) is 5. The van der Waals surface area contributed by atoms with Crippen LogP contribution < -0.4 is 4.72 Å². The van der Waals surface area contributed by atoms with E-state index in [2.05, 4.69) is 4.72 Å². The molecule has 10 heteroatoms. The van der Waals surface area contributed by atoms with Crippen LogP contribution in [-0.2, 0) is 25.2 Å². The number of piperidine rings is 1. The summed E-state index contributed by atoms with van der Waals surface area (Å²) >= 11 is 0. The lowest BCUT2D eigenvalue weighted by atomic mass is 9.85. The standard InChI is InChI=1S/C21H20F2N2O5S/c22-16-7-3-8-17(23)19(16)31(28,29)24-11-9-18(26)25-12-4-10-21(13-25)15-6-2-1-5-14(15)20(27)30-21/h1-3,5-8,24H,4,9-13H2. The highest BCUT2D eigenvalue weighted by Gasteiger charge is 2.48. The predicted molar refractivity (Wildman–Crippen MR) is 106 cm³/mol. The lowest BCUT2D eigenvalue weighted by Gasteiger charge is -2.39. The Balaban J connectivity index is 1.41. The van der Waals surface area contributed by atoms with Crippen molar-refractivity contribution >= 4 is 21.9 Å². The smallest absolute Gasteiger partial charge is 0.339 e. The van der Waals surface area contributed by atoms with Gasteiger partial charge in [0.25, 0.3) is 0 Å². The highest BCUT2D eigenvalue weighted by atomic mass is 32.2. The Hall–Kier alpha value is -2.85. The molecule has 2 aliphatic rings. The van der Waals surface area contributed by atoms with Crippen LogP contribution in [0.2, 0.25) is 0 Å². The van der Waals surface area contributed by atoms with E-state index in [1.165, 1.54) is 4.90 Å². The van der Waals surface area contributed by atoms with Crippen molar-refractivity contribution < 1.29 is 31.5 Å². The summed E-state index contributed by atoms with van der Waals surface area (Å²) in [6, 6.07) is 9.80. The van der Waals surface area contributed by atoms with Crippen molar-refractivity contribution in [2.24, 2.45) is 0 Å². The van der Waals surface area contributed by atoms with Crippen LogP contribution in [0.15, 0.2) is 47.4 Å². The molecular weight excluding hydrogens is 430 g/mol. The highest BCUT2D eigenvalue weighted by Crippen LogP contribution is 2.42. The van der Waals surface area contributed by atoms with Crippen molar-refractivity contribution in [1.82, 2.24) is 9.62 Å². The van der Waals surface area contributed by atoms with Gasteiger partial charge in [-0.15, -0.1) is 0 Å². The van der Waals surface area contributed by atoms with E-state index in [4.69, 9.17) is 4.74 Å². The van der Waals surface area contributed by atoms with Crippen molar-refractivity contribution in [3.05, 3.63) is 65.2 Å². The quantitative estimate of drug-likeness (QED) is 0.706. The molecule has 0 aromatic heterocycles. The molecule has 4 rings (SSSR count). The van der Waals surface area contributed by atoms with Crippen LogP contribution in [0.5, 0.6) is 0 Å². The number of nitrogens with zero attached hydrogens (tertiary/aromatic N) is 1. The summed E-state index contributed by atoms with van der Waals surface area (Å²) in [6.07, 6.45) is 0.985. The molecule has 0 saturated carbocycles. The molecule has 0 aliphatic carbocycles. The van der Waals surface area contributed by atoms with E-state index >= 15 is 0 Å². The fraction of sp³-hybridized carbons (Fsp3) is 0.333. The number of esters is 1. The number of fused-ring (bicyclic) bond motifs is 2. The monoisotopic (exact) mass is 450 g/mol. The third-order valence-electron chi connectivity index (χ3n) is 5.55. The second kappa shape index (κ2) is 8.01. The van der Waals surface area contributed by atoms with Crippen LogP contribution in [0.25, 0.3) is 0 Å². The molecule has 2 heterocycles. The summed E-state index contributed by atoms with van der Waals surface area (Å²) < 4.78 is 59.7. The van der Waals surface area contributed by atoms with Gasteiger partial charge in [0.15, 0.2) is 10.5 Å². The molecular formula is C21H20F2N2O5S. The van der Waals surface area contributed by atoms with Crippen LogP contribution in [0.4, 0.5) is 8.78 Å². The molecule has 1 amide bonds. The van der Waals surface area contributed by atoms with E-state index in [-0.39, 0.29) is 25.4 Å². The number of likely N-dealkylation sites (tertiary alicyclic amines) is 1. The first kappa shape index (κ1) is 21.4. The van der Waals surface area contributed by atoms with E-state index in [0.717, 1.165) is 23.8 Å². The fourth-order valence-electron chi connectivity index (χ4n) is 4.15. The first-order valence-corrected chi connectivity index (χ1v) is 11.3. The zero-order chi connectivity index (χ0) is 22.2. The van der Waals surface area contributed by atoms with Crippen molar-refractivity contribution in [3.63, 3.8) is 0 Å². The SMILES string of the molecule is O=C1OC2(CCCN(C(=O)CCNS(=O)(=O)c3c(F)cccc3F)C2)c2ccccc21. The summed E-state index contributed by atoms with van der Waals surface area (Å²) in [5, 5.41) is 0. The molecule has 7 nitrogen and oxygen atoms in total. The number of carbonyl (C=O) groups excluding carboxylic acids is 2. The third kappa shape index (κ3) is 3.92. The van der Waals surface area contributed by atoms with E-state index in [9.17, 15) is 26.8 Å². The number of hydrogen-bond donors (Lipinski definition) is 1. The molecule has 164 valence electrons. The summed E-state index contributed by atoms with van der Waals surface area (Å²) in [4.78, 5) is 25.4. The summed E-state index contributed by atoms with van der Waals surface area (Å²) in [7, 11) is -4.46. The van der Waals surface area contributed by atoms with E-state index in [1.54, 1.807) is 18.2 Å². The van der Waals surface area contributed by atoms with Gasteiger partial charge >= 0.3 is 5.97 Å². The van der Waals surface area contributed by atoms with Crippen molar-refractivity contribution in [2.45, 2.75) is 29.8 Å². The predicted octanol–water partition coefficient (Wildman–Crippen LogP) is 2.32. The largest absolute Gasteiger partial charge is 0.449 e. The minimum absolute atomic E-state index is 0.170. The fourth-order valence-corrected chi connectivity index (χ4v) is 5.31. The number of nitrogens with one attached hydrogen (secondary N) is 1. The van der Waals surface area contributed by atoms with Crippen molar-refractivity contribution in [1.29, 1.82) is 0 Å². The number of halogens is 2. The zero-order valence-corrected chi connectivity index (χ0v) is 17.3. The molecule has 1 saturated heterocycles. The van der Waals surface area contributed by atoms with Crippen LogP contribution in [0.1, 0.15) is 35.2 Å². The number of carbonyl (C=O) groups is 2. The molecule has 0 radical (unpaired) electrons. The Labute approximate surface area is 178 Å². The van der Waals surface area contributed by atoms with Crippen LogP contribution in [0.3, 0.4) is 0 Å². The highest BCUT2D eigenvalue weighted by molar-refractivity contribution is 7.89. The molecule has 1 unspecified atom stereocenters. The maximum absolute atomic E-state index is 13.8. The third-order valence-corrected chi connectivity index (χ3v) is 7.06. The average Bonchev–Trinajstić information content (AvgIpc) is 2.99. The van der Waals surface area contributed by atoms with Gasteiger partial charge in [0.1, 0.15) is 11.6 Å². The number of ether oxygens (including phenoxy) is 1. The molecule has 1 fully saturated rings. The number of sulfonamides is 1. The second-order valence-corrected chi connectivity index (χ2v) is 9.25. The Kier molecular flexibility index (Phi) is 5.52. The Morgan fingerprint density at radius 1 is 1.13 bits per heavy atom. The van der Waals surface area contributed by atoms with Gasteiger partial charge in [0.2, 0.25) is 15.9 Å². The van der Waals surface area contributed by atoms with Crippen LogP contribution >= 0.6 is 0 Å². The van der Waals surface area contributed by atoms with Crippen LogP contribution in [0, 0.1) is 11.6 Å². The lowest BCUT2D eigenvalue weighted by Crippen LogP contribution is -2.49. The first-order chi connectivity index (χ1) is 14.7. The summed E-state index contributed by atoms with van der Waals surface area (Å²) in [6.45, 7) is 0.285. The van der Waals surface area contributed by atoms with Gasteiger partial charge in [0.05, 0.1) is 12.1 Å². The van der Waals surface area contributed by atoms with Crippen molar-refractivity contribution in [2.75, 3.05) is 19.6 Å². The lowest BCUT2D eigenvalue weighted by molar-refractivity contribution is -0.138.